The lowest BCUT2D eigenvalue weighted by atomic mass is 9.78. The summed E-state index contributed by atoms with van der Waals surface area (Å²) in [5.41, 5.74) is 3.82. The molecule has 1 aromatic heterocycles. The molecule has 0 amide bonds. The first-order valence-electron chi connectivity index (χ1n) is 9.03. The van der Waals surface area contributed by atoms with E-state index in [0.29, 0.717) is 17.3 Å². The zero-order valence-electron chi connectivity index (χ0n) is 16.7. The van der Waals surface area contributed by atoms with E-state index in [0.717, 1.165) is 30.9 Å². The fourth-order valence-corrected chi connectivity index (χ4v) is 4.77. The molecule has 144 valence electrons. The van der Waals surface area contributed by atoms with Crippen LogP contribution in [0.25, 0.3) is 10.2 Å². The molecule has 3 rings (SSSR count). The van der Waals surface area contributed by atoms with Crippen LogP contribution >= 0.6 is 35.2 Å². The van der Waals surface area contributed by atoms with Gasteiger partial charge in [-0.05, 0) is 70.1 Å². The fraction of sp³-hybridized carbons (Fsp3) is 0.409. The Morgan fingerprint density at radius 2 is 1.56 bits per heavy atom. The molecule has 1 heterocycles. The molecule has 0 radical (unpaired) electrons. The average molecular weight is 420 g/mol. The van der Waals surface area contributed by atoms with Gasteiger partial charge in [-0.3, -0.25) is 0 Å². The van der Waals surface area contributed by atoms with Crippen molar-refractivity contribution in [2.45, 2.75) is 58.9 Å². The summed E-state index contributed by atoms with van der Waals surface area (Å²) in [5.74, 6) is 0.403. The van der Waals surface area contributed by atoms with Crippen LogP contribution in [0, 0.1) is 3.95 Å². The van der Waals surface area contributed by atoms with Crippen LogP contribution in [0.1, 0.15) is 58.2 Å². The molecular weight excluding hydrogens is 394 g/mol. The minimum absolute atomic E-state index is 0.151. The van der Waals surface area contributed by atoms with Crippen LogP contribution in [-0.2, 0) is 17.4 Å². The smallest absolute Gasteiger partial charge is 0.162 e. The highest BCUT2D eigenvalue weighted by Crippen LogP contribution is 2.40. The Morgan fingerprint density at radius 3 is 2.07 bits per heavy atom. The second-order valence-electron chi connectivity index (χ2n) is 9.11. The van der Waals surface area contributed by atoms with E-state index in [1.807, 2.05) is 18.2 Å². The Bertz CT molecular complexity index is 1030. The van der Waals surface area contributed by atoms with E-state index in [-0.39, 0.29) is 10.8 Å². The van der Waals surface area contributed by atoms with Crippen LogP contribution in [0.15, 0.2) is 30.3 Å². The molecule has 5 heteroatoms. The number of halogens is 1. The minimum Gasteiger partial charge on any atom is -0.507 e. The van der Waals surface area contributed by atoms with Crippen molar-refractivity contribution in [1.29, 1.82) is 0 Å². The van der Waals surface area contributed by atoms with Crippen LogP contribution in [0.3, 0.4) is 0 Å². The summed E-state index contributed by atoms with van der Waals surface area (Å²) in [5, 5.41) is 11.6. The van der Waals surface area contributed by atoms with Gasteiger partial charge in [0.2, 0.25) is 0 Å². The molecule has 1 N–H and O–H groups in total. The summed E-state index contributed by atoms with van der Waals surface area (Å²) in [6, 6.07) is 10.1. The lowest BCUT2D eigenvalue weighted by molar-refractivity contribution is 0.422. The monoisotopic (exact) mass is 419 g/mol. The predicted octanol–water partition coefficient (Wildman–Crippen LogP) is 7.43. The number of phenols is 1. The molecule has 0 bridgehead atoms. The van der Waals surface area contributed by atoms with Crippen molar-refractivity contribution in [2.75, 3.05) is 0 Å². The third-order valence-electron chi connectivity index (χ3n) is 4.76. The number of hydrogen-bond donors (Lipinski definition) is 1. The number of hydrogen-bond acceptors (Lipinski definition) is 3. The Kier molecular flexibility index (Phi) is 5.21. The van der Waals surface area contributed by atoms with Crippen molar-refractivity contribution < 1.29 is 5.11 Å². The molecule has 3 aromatic rings. The zero-order chi connectivity index (χ0) is 20.1. The standard InChI is InChI=1S/C22H26ClNOS2/c1-21(2,3)15-9-13(10-16(19(15)25)22(4,5)6)12-24-17-11-14(23)7-8-18(17)27-20(24)26/h7-11,25H,12H2,1-6H3. The van der Waals surface area contributed by atoms with Gasteiger partial charge in [0.1, 0.15) is 5.75 Å². The molecule has 0 aliphatic carbocycles. The van der Waals surface area contributed by atoms with E-state index in [1.54, 1.807) is 11.3 Å². The predicted molar refractivity (Wildman–Crippen MR) is 120 cm³/mol. The van der Waals surface area contributed by atoms with Crippen LogP contribution < -0.4 is 0 Å². The maximum Gasteiger partial charge on any atom is 0.162 e. The Labute approximate surface area is 175 Å². The number of rotatable bonds is 2. The van der Waals surface area contributed by atoms with Gasteiger partial charge in [-0.25, -0.2) is 0 Å². The summed E-state index contributed by atoms with van der Waals surface area (Å²) in [6.45, 7) is 13.4. The van der Waals surface area contributed by atoms with E-state index in [2.05, 4.69) is 58.2 Å². The topological polar surface area (TPSA) is 25.2 Å². The normalized spacial score (nSPS) is 12.7. The van der Waals surface area contributed by atoms with Crippen molar-refractivity contribution in [3.05, 3.63) is 56.0 Å². The molecule has 0 aliphatic rings. The van der Waals surface area contributed by atoms with Gasteiger partial charge >= 0.3 is 0 Å². The highest BCUT2D eigenvalue weighted by Gasteiger charge is 2.26. The van der Waals surface area contributed by atoms with Crippen LogP contribution in [0.4, 0.5) is 0 Å². The quantitative estimate of drug-likeness (QED) is 0.436. The molecule has 0 saturated heterocycles. The summed E-state index contributed by atoms with van der Waals surface area (Å²) in [6.07, 6.45) is 0. The third-order valence-corrected chi connectivity index (χ3v) is 6.42. The zero-order valence-corrected chi connectivity index (χ0v) is 19.1. The number of benzene rings is 2. The second kappa shape index (κ2) is 6.91. The SMILES string of the molecule is CC(C)(C)c1cc(Cn2c(=S)sc3ccc(Cl)cc32)cc(C(C)(C)C)c1O. The number of phenolic OH excluding ortho intramolecular Hbond substituents is 1. The molecule has 0 saturated carbocycles. The van der Waals surface area contributed by atoms with E-state index in [1.165, 1.54) is 0 Å². The fourth-order valence-electron chi connectivity index (χ4n) is 3.30. The first-order valence-corrected chi connectivity index (χ1v) is 10.6. The summed E-state index contributed by atoms with van der Waals surface area (Å²) in [4.78, 5) is 0. The summed E-state index contributed by atoms with van der Waals surface area (Å²) >= 11 is 13.4. The van der Waals surface area contributed by atoms with Gasteiger partial charge in [0.05, 0.1) is 10.2 Å². The molecule has 2 aromatic carbocycles. The van der Waals surface area contributed by atoms with Crippen LogP contribution in [0.2, 0.25) is 5.02 Å². The van der Waals surface area contributed by atoms with Crippen LogP contribution in [0.5, 0.6) is 5.75 Å². The lowest BCUT2D eigenvalue weighted by Gasteiger charge is -2.28. The maximum absolute atomic E-state index is 10.9. The van der Waals surface area contributed by atoms with E-state index in [4.69, 9.17) is 23.8 Å². The van der Waals surface area contributed by atoms with Crippen molar-refractivity contribution in [3.8, 4) is 5.75 Å². The van der Waals surface area contributed by atoms with Gasteiger partial charge in [0.25, 0.3) is 0 Å². The molecule has 0 spiro atoms. The minimum atomic E-state index is -0.151. The molecule has 0 unspecified atom stereocenters. The van der Waals surface area contributed by atoms with Gasteiger partial charge in [-0.15, -0.1) is 11.3 Å². The highest BCUT2D eigenvalue weighted by molar-refractivity contribution is 7.73. The van der Waals surface area contributed by atoms with Gasteiger partial charge in [-0.1, -0.05) is 53.1 Å². The van der Waals surface area contributed by atoms with Gasteiger partial charge < -0.3 is 9.67 Å². The van der Waals surface area contributed by atoms with Gasteiger partial charge in [0, 0.05) is 11.6 Å². The largest absolute Gasteiger partial charge is 0.507 e. The molecule has 0 fully saturated rings. The third kappa shape index (κ3) is 4.08. The molecule has 0 aliphatic heterocycles. The molecule has 27 heavy (non-hydrogen) atoms. The Morgan fingerprint density at radius 1 is 1.00 bits per heavy atom. The summed E-state index contributed by atoms with van der Waals surface area (Å²) in [7, 11) is 0. The number of aromatic nitrogens is 1. The van der Waals surface area contributed by atoms with Crippen molar-refractivity contribution in [2.24, 2.45) is 0 Å². The van der Waals surface area contributed by atoms with E-state index < -0.39 is 0 Å². The average Bonchev–Trinajstić information content (AvgIpc) is 2.82. The lowest BCUT2D eigenvalue weighted by Crippen LogP contribution is -2.18. The summed E-state index contributed by atoms with van der Waals surface area (Å²) < 4.78 is 4.09. The molecular formula is C22H26ClNOS2. The first kappa shape index (κ1) is 20.4. The Hall–Kier alpha value is -1.36. The Balaban J connectivity index is 2.20. The second-order valence-corrected chi connectivity index (χ2v) is 11.2. The number of nitrogens with zero attached hydrogens (tertiary/aromatic N) is 1. The maximum atomic E-state index is 10.9. The van der Waals surface area contributed by atoms with Crippen molar-refractivity contribution in [1.82, 2.24) is 4.57 Å². The van der Waals surface area contributed by atoms with Crippen molar-refractivity contribution >= 4 is 45.4 Å². The van der Waals surface area contributed by atoms with Crippen molar-refractivity contribution in [3.63, 3.8) is 0 Å². The molecule has 0 atom stereocenters. The number of aromatic hydroxyl groups is 1. The van der Waals surface area contributed by atoms with E-state index >= 15 is 0 Å². The van der Waals surface area contributed by atoms with E-state index in [9.17, 15) is 5.11 Å². The highest BCUT2D eigenvalue weighted by atomic mass is 35.5. The first-order chi connectivity index (χ1) is 12.4. The van der Waals surface area contributed by atoms with Crippen LogP contribution in [-0.4, -0.2) is 9.67 Å². The molecule has 2 nitrogen and oxygen atoms in total. The number of fused-ring (bicyclic) bond motifs is 1. The van der Waals surface area contributed by atoms with Gasteiger partial charge in [-0.2, -0.15) is 0 Å². The van der Waals surface area contributed by atoms with Gasteiger partial charge in [0.15, 0.2) is 3.95 Å². The number of thiazole rings is 1.